The third-order valence-corrected chi connectivity index (χ3v) is 3.39. The van der Waals surface area contributed by atoms with Crippen LogP contribution in [0.2, 0.25) is 5.02 Å². The monoisotopic (exact) mass is 304 g/mol. The van der Waals surface area contributed by atoms with Gasteiger partial charge in [0.25, 0.3) is 0 Å². The Kier molecular flexibility index (Phi) is 5.06. The summed E-state index contributed by atoms with van der Waals surface area (Å²) in [5, 5.41) is 6.09. The van der Waals surface area contributed by atoms with E-state index in [1.807, 2.05) is 43.3 Å². The fourth-order valence-corrected chi connectivity index (χ4v) is 2.09. The number of amides is 2. The maximum Gasteiger partial charge on any atom is 0.319 e. The van der Waals surface area contributed by atoms with Crippen molar-refractivity contribution in [2.75, 3.05) is 12.4 Å². The molecule has 5 heteroatoms. The van der Waals surface area contributed by atoms with Crippen LogP contribution in [0.4, 0.5) is 10.5 Å². The number of hydrogen-bond acceptors (Lipinski definition) is 2. The van der Waals surface area contributed by atoms with Gasteiger partial charge < -0.3 is 15.4 Å². The van der Waals surface area contributed by atoms with Gasteiger partial charge in [-0.2, -0.15) is 0 Å². The average Bonchev–Trinajstić information content (AvgIpc) is 2.49. The maximum absolute atomic E-state index is 12.0. The minimum Gasteiger partial charge on any atom is -0.497 e. The minimum atomic E-state index is -0.307. The molecule has 0 heterocycles. The van der Waals surface area contributed by atoms with Gasteiger partial charge in [-0.3, -0.25) is 0 Å². The second kappa shape index (κ2) is 6.99. The van der Waals surface area contributed by atoms with Crippen LogP contribution in [-0.4, -0.2) is 13.1 Å². The number of rotatable bonds is 4. The number of ether oxygens (including phenoxy) is 1. The van der Waals surface area contributed by atoms with E-state index < -0.39 is 0 Å². The number of anilines is 1. The van der Waals surface area contributed by atoms with Crippen LogP contribution < -0.4 is 15.4 Å². The molecule has 0 bridgehead atoms. The van der Waals surface area contributed by atoms with Crippen LogP contribution in [0.25, 0.3) is 0 Å². The zero-order valence-corrected chi connectivity index (χ0v) is 12.6. The minimum absolute atomic E-state index is 0.150. The van der Waals surface area contributed by atoms with Crippen LogP contribution in [0.15, 0.2) is 48.5 Å². The predicted molar refractivity (Wildman–Crippen MR) is 85.0 cm³/mol. The van der Waals surface area contributed by atoms with Crippen molar-refractivity contribution in [3.05, 3.63) is 59.1 Å². The van der Waals surface area contributed by atoms with Gasteiger partial charge in [-0.15, -0.1) is 0 Å². The fourth-order valence-electron chi connectivity index (χ4n) is 1.91. The van der Waals surface area contributed by atoms with Gasteiger partial charge in [0, 0.05) is 0 Å². The normalized spacial score (nSPS) is 11.6. The summed E-state index contributed by atoms with van der Waals surface area (Å²) in [7, 11) is 1.61. The van der Waals surface area contributed by atoms with E-state index in [1.165, 1.54) is 0 Å². The van der Waals surface area contributed by atoms with Crippen LogP contribution in [0.5, 0.6) is 5.75 Å². The van der Waals surface area contributed by atoms with Gasteiger partial charge in [0.15, 0.2) is 0 Å². The number of nitrogens with one attached hydrogen (secondary N) is 2. The molecule has 4 nitrogen and oxygen atoms in total. The highest BCUT2D eigenvalue weighted by Gasteiger charge is 2.11. The molecule has 2 aromatic carbocycles. The number of urea groups is 1. The molecule has 0 saturated heterocycles. The Morgan fingerprint density at radius 3 is 2.67 bits per heavy atom. The lowest BCUT2D eigenvalue weighted by molar-refractivity contribution is 0.249. The Morgan fingerprint density at radius 2 is 1.95 bits per heavy atom. The van der Waals surface area contributed by atoms with Crippen molar-refractivity contribution in [1.82, 2.24) is 5.32 Å². The lowest BCUT2D eigenvalue weighted by Crippen LogP contribution is -2.31. The molecule has 21 heavy (non-hydrogen) atoms. The lowest BCUT2D eigenvalue weighted by Gasteiger charge is -2.16. The molecular formula is C16H17ClN2O2. The second-order valence-corrected chi connectivity index (χ2v) is 4.98. The van der Waals surface area contributed by atoms with Crippen LogP contribution in [-0.2, 0) is 0 Å². The number of carbonyl (C=O) groups is 1. The van der Waals surface area contributed by atoms with E-state index in [1.54, 1.807) is 19.2 Å². The Bertz CT molecular complexity index is 631. The topological polar surface area (TPSA) is 50.4 Å². The molecule has 110 valence electrons. The summed E-state index contributed by atoms with van der Waals surface area (Å²) in [5.74, 6) is 0.757. The van der Waals surface area contributed by atoms with E-state index in [-0.39, 0.29) is 12.1 Å². The fraction of sp³-hybridized carbons (Fsp3) is 0.188. The van der Waals surface area contributed by atoms with E-state index >= 15 is 0 Å². The van der Waals surface area contributed by atoms with Gasteiger partial charge >= 0.3 is 6.03 Å². The molecule has 2 N–H and O–H groups in total. The van der Waals surface area contributed by atoms with Crippen LogP contribution >= 0.6 is 11.6 Å². The van der Waals surface area contributed by atoms with Crippen molar-refractivity contribution in [2.45, 2.75) is 13.0 Å². The highest BCUT2D eigenvalue weighted by atomic mass is 35.5. The van der Waals surface area contributed by atoms with Gasteiger partial charge in [0.05, 0.1) is 23.9 Å². The Hall–Kier alpha value is -2.20. The SMILES string of the molecule is COc1cccc([C@H](C)NC(=O)Nc2ccccc2Cl)c1. The molecule has 0 fully saturated rings. The third kappa shape index (κ3) is 4.13. The summed E-state index contributed by atoms with van der Waals surface area (Å²) < 4.78 is 5.18. The quantitative estimate of drug-likeness (QED) is 0.888. The Morgan fingerprint density at radius 1 is 1.19 bits per heavy atom. The molecule has 0 aromatic heterocycles. The molecule has 0 unspecified atom stereocenters. The summed E-state index contributed by atoms with van der Waals surface area (Å²) in [6.45, 7) is 1.90. The molecule has 0 spiro atoms. The van der Waals surface area contributed by atoms with Crippen molar-refractivity contribution in [1.29, 1.82) is 0 Å². The smallest absolute Gasteiger partial charge is 0.319 e. The number of methoxy groups -OCH3 is 1. The van der Waals surface area contributed by atoms with Crippen molar-refractivity contribution >= 4 is 23.3 Å². The molecule has 0 radical (unpaired) electrons. The first kappa shape index (κ1) is 15.2. The van der Waals surface area contributed by atoms with Crippen molar-refractivity contribution in [3.63, 3.8) is 0 Å². The summed E-state index contributed by atoms with van der Waals surface area (Å²) in [5.41, 5.74) is 1.54. The zero-order valence-electron chi connectivity index (χ0n) is 11.9. The molecular weight excluding hydrogens is 288 g/mol. The van der Waals surface area contributed by atoms with Gasteiger partial charge in [-0.05, 0) is 36.8 Å². The molecule has 0 aliphatic rings. The summed E-state index contributed by atoms with van der Waals surface area (Å²) in [6.07, 6.45) is 0. The van der Waals surface area contributed by atoms with Gasteiger partial charge in [-0.25, -0.2) is 4.79 Å². The number of para-hydroxylation sites is 1. The second-order valence-electron chi connectivity index (χ2n) is 4.58. The summed E-state index contributed by atoms with van der Waals surface area (Å²) >= 11 is 6.00. The summed E-state index contributed by atoms with van der Waals surface area (Å²) in [4.78, 5) is 12.0. The molecule has 1 atom stereocenters. The Balaban J connectivity index is 2.00. The molecule has 0 aliphatic heterocycles. The van der Waals surface area contributed by atoms with Crippen molar-refractivity contribution in [3.8, 4) is 5.75 Å². The van der Waals surface area contributed by atoms with Gasteiger partial charge in [0.1, 0.15) is 5.75 Å². The molecule has 2 amide bonds. The van der Waals surface area contributed by atoms with E-state index in [0.29, 0.717) is 10.7 Å². The van der Waals surface area contributed by atoms with Crippen LogP contribution in [0.1, 0.15) is 18.5 Å². The number of hydrogen-bond donors (Lipinski definition) is 2. The first-order chi connectivity index (χ1) is 10.1. The molecule has 0 saturated carbocycles. The van der Waals surface area contributed by atoms with Gasteiger partial charge in [-0.1, -0.05) is 35.9 Å². The van der Waals surface area contributed by atoms with E-state index in [9.17, 15) is 4.79 Å². The van der Waals surface area contributed by atoms with E-state index in [4.69, 9.17) is 16.3 Å². The Labute approximate surface area is 129 Å². The highest BCUT2D eigenvalue weighted by Crippen LogP contribution is 2.21. The number of halogens is 1. The molecule has 2 aromatic rings. The number of benzene rings is 2. The standard InChI is InChI=1S/C16H17ClN2O2/c1-11(12-6-5-7-13(10-12)21-2)18-16(20)19-15-9-4-3-8-14(15)17/h3-11H,1-2H3,(H2,18,19,20)/t11-/m0/s1. The van der Waals surface area contributed by atoms with Crippen LogP contribution in [0, 0.1) is 0 Å². The first-order valence-corrected chi connectivity index (χ1v) is 6.94. The lowest BCUT2D eigenvalue weighted by atomic mass is 10.1. The first-order valence-electron chi connectivity index (χ1n) is 6.56. The van der Waals surface area contributed by atoms with Crippen molar-refractivity contribution in [2.24, 2.45) is 0 Å². The van der Waals surface area contributed by atoms with E-state index in [2.05, 4.69) is 10.6 Å². The van der Waals surface area contributed by atoms with Crippen molar-refractivity contribution < 1.29 is 9.53 Å². The zero-order chi connectivity index (χ0) is 15.2. The number of carbonyl (C=O) groups excluding carboxylic acids is 1. The van der Waals surface area contributed by atoms with Gasteiger partial charge in [0.2, 0.25) is 0 Å². The van der Waals surface area contributed by atoms with E-state index in [0.717, 1.165) is 11.3 Å². The average molecular weight is 305 g/mol. The maximum atomic E-state index is 12.0. The predicted octanol–water partition coefficient (Wildman–Crippen LogP) is 4.23. The molecule has 2 rings (SSSR count). The largest absolute Gasteiger partial charge is 0.497 e. The summed E-state index contributed by atoms with van der Waals surface area (Å²) in [6, 6.07) is 14.2. The third-order valence-electron chi connectivity index (χ3n) is 3.06. The molecule has 0 aliphatic carbocycles. The van der Waals surface area contributed by atoms with Crippen LogP contribution in [0.3, 0.4) is 0 Å². The highest BCUT2D eigenvalue weighted by molar-refractivity contribution is 6.33.